The highest BCUT2D eigenvalue weighted by molar-refractivity contribution is 7.91. The van der Waals surface area contributed by atoms with Crippen molar-refractivity contribution in [2.24, 2.45) is 16.8 Å². The van der Waals surface area contributed by atoms with Gasteiger partial charge in [0.05, 0.1) is 11.5 Å². The number of sulfone groups is 1. The van der Waals surface area contributed by atoms with Gasteiger partial charge in [-0.1, -0.05) is 13.8 Å². The molecule has 0 aromatic carbocycles. The second-order valence-corrected chi connectivity index (χ2v) is 10.1. The molecule has 0 radical (unpaired) electrons. The number of hydrogen-bond acceptors (Lipinski definition) is 4. The maximum absolute atomic E-state index is 12.0. The fourth-order valence-electron chi connectivity index (χ4n) is 3.82. The van der Waals surface area contributed by atoms with Crippen molar-refractivity contribution >= 4 is 21.7 Å². The summed E-state index contributed by atoms with van der Waals surface area (Å²) in [5, 5.41) is 9.44. The van der Waals surface area contributed by atoms with E-state index in [2.05, 4.69) is 34.8 Å². The van der Waals surface area contributed by atoms with Gasteiger partial charge in [0, 0.05) is 32.1 Å². The standard InChI is InChI=1S/C18H34N4O3S/c1-13(2)14-4-6-15(7-5-14)22-18(19-3)20-10-8-17(23)21-16-9-11-26(24,25)12-16/h13-16H,4-12H2,1-3H3,(H,21,23)(H2,19,20,22). The maximum atomic E-state index is 12.0. The number of aliphatic imine (C=N–C) groups is 1. The predicted octanol–water partition coefficient (Wildman–Crippen LogP) is 1.06. The molecular formula is C18H34N4O3S. The van der Waals surface area contributed by atoms with Crippen LogP contribution in [0.5, 0.6) is 0 Å². The molecule has 2 aliphatic rings. The molecule has 1 aliphatic carbocycles. The first kappa shape index (κ1) is 21.0. The summed E-state index contributed by atoms with van der Waals surface area (Å²) in [5.74, 6) is 2.43. The van der Waals surface area contributed by atoms with Crippen LogP contribution < -0.4 is 16.0 Å². The highest BCUT2D eigenvalue weighted by Gasteiger charge is 2.28. The Morgan fingerprint density at radius 2 is 1.77 bits per heavy atom. The van der Waals surface area contributed by atoms with Gasteiger partial charge in [-0.05, 0) is 43.9 Å². The van der Waals surface area contributed by atoms with Crippen LogP contribution in [0.4, 0.5) is 0 Å². The molecule has 8 heteroatoms. The van der Waals surface area contributed by atoms with E-state index >= 15 is 0 Å². The Kier molecular flexibility index (Phi) is 7.73. The SMILES string of the molecule is CN=C(NCCC(=O)NC1CCS(=O)(=O)C1)NC1CCC(C(C)C)CC1. The van der Waals surface area contributed by atoms with Gasteiger partial charge in [0.1, 0.15) is 0 Å². The lowest BCUT2D eigenvalue weighted by molar-refractivity contribution is -0.121. The maximum Gasteiger partial charge on any atom is 0.222 e. The first-order valence-corrected chi connectivity index (χ1v) is 11.6. The number of nitrogens with one attached hydrogen (secondary N) is 3. The average Bonchev–Trinajstić information content (AvgIpc) is 2.92. The molecule has 0 spiro atoms. The summed E-state index contributed by atoms with van der Waals surface area (Å²) in [6.07, 6.45) is 5.62. The van der Waals surface area contributed by atoms with Gasteiger partial charge >= 0.3 is 0 Å². The summed E-state index contributed by atoms with van der Waals surface area (Å²) >= 11 is 0. The van der Waals surface area contributed by atoms with Crippen molar-refractivity contribution in [3.63, 3.8) is 0 Å². The molecule has 0 aromatic rings. The number of rotatable bonds is 6. The van der Waals surface area contributed by atoms with E-state index < -0.39 is 9.84 Å². The molecule has 2 rings (SSSR count). The van der Waals surface area contributed by atoms with Crippen molar-refractivity contribution in [3.05, 3.63) is 0 Å². The van der Waals surface area contributed by atoms with E-state index in [0.29, 0.717) is 25.4 Å². The summed E-state index contributed by atoms with van der Waals surface area (Å²) in [4.78, 5) is 16.2. The molecule has 1 atom stereocenters. The van der Waals surface area contributed by atoms with Crippen LogP contribution in [0.25, 0.3) is 0 Å². The Bertz CT molecular complexity index is 596. The first-order chi connectivity index (χ1) is 12.3. The molecular weight excluding hydrogens is 352 g/mol. The van der Waals surface area contributed by atoms with Crippen molar-refractivity contribution in [2.75, 3.05) is 25.1 Å². The topological polar surface area (TPSA) is 99.7 Å². The van der Waals surface area contributed by atoms with E-state index in [0.717, 1.165) is 30.6 Å². The molecule has 1 heterocycles. The zero-order valence-electron chi connectivity index (χ0n) is 16.3. The molecule has 1 saturated carbocycles. The molecule has 1 saturated heterocycles. The van der Waals surface area contributed by atoms with Gasteiger partial charge in [0.2, 0.25) is 5.91 Å². The lowest BCUT2D eigenvalue weighted by Gasteiger charge is -2.32. The van der Waals surface area contributed by atoms with Crippen molar-refractivity contribution < 1.29 is 13.2 Å². The second-order valence-electron chi connectivity index (χ2n) is 7.92. The third kappa shape index (κ3) is 6.78. The van der Waals surface area contributed by atoms with E-state index in [1.54, 1.807) is 7.05 Å². The molecule has 1 amide bonds. The Balaban J connectivity index is 1.64. The molecule has 26 heavy (non-hydrogen) atoms. The lowest BCUT2D eigenvalue weighted by Crippen LogP contribution is -2.46. The second kappa shape index (κ2) is 9.58. The van der Waals surface area contributed by atoms with Crippen molar-refractivity contribution in [1.82, 2.24) is 16.0 Å². The van der Waals surface area contributed by atoms with Gasteiger partial charge in [-0.3, -0.25) is 9.79 Å². The van der Waals surface area contributed by atoms with Crippen molar-refractivity contribution in [3.8, 4) is 0 Å². The van der Waals surface area contributed by atoms with E-state index in [1.807, 2.05) is 0 Å². The minimum Gasteiger partial charge on any atom is -0.356 e. The van der Waals surface area contributed by atoms with Gasteiger partial charge in [-0.15, -0.1) is 0 Å². The van der Waals surface area contributed by atoms with E-state index in [9.17, 15) is 13.2 Å². The Morgan fingerprint density at radius 3 is 2.31 bits per heavy atom. The molecule has 1 unspecified atom stereocenters. The number of guanidine groups is 1. The molecule has 0 bridgehead atoms. The molecule has 2 fully saturated rings. The average molecular weight is 387 g/mol. The molecule has 150 valence electrons. The summed E-state index contributed by atoms with van der Waals surface area (Å²) in [6, 6.07) is 0.204. The third-order valence-corrected chi connectivity index (χ3v) is 7.29. The molecule has 7 nitrogen and oxygen atoms in total. The zero-order valence-corrected chi connectivity index (χ0v) is 17.1. The summed E-state index contributed by atoms with van der Waals surface area (Å²) in [5.41, 5.74) is 0. The summed E-state index contributed by atoms with van der Waals surface area (Å²) < 4.78 is 22.8. The highest BCUT2D eigenvalue weighted by atomic mass is 32.2. The molecule has 3 N–H and O–H groups in total. The zero-order chi connectivity index (χ0) is 19.2. The van der Waals surface area contributed by atoms with Gasteiger partial charge in [0.25, 0.3) is 0 Å². The number of hydrogen-bond donors (Lipinski definition) is 3. The Hall–Kier alpha value is -1.31. The van der Waals surface area contributed by atoms with Crippen LogP contribution in [-0.2, 0) is 14.6 Å². The van der Waals surface area contributed by atoms with Crippen LogP contribution in [0.2, 0.25) is 0 Å². The first-order valence-electron chi connectivity index (χ1n) is 9.76. The minimum absolute atomic E-state index is 0.0639. The van der Waals surface area contributed by atoms with Gasteiger partial charge in [-0.2, -0.15) is 0 Å². The van der Waals surface area contributed by atoms with Gasteiger partial charge < -0.3 is 16.0 Å². The van der Waals surface area contributed by atoms with Gasteiger partial charge in [-0.25, -0.2) is 8.42 Å². The largest absolute Gasteiger partial charge is 0.356 e. The highest BCUT2D eigenvalue weighted by Crippen LogP contribution is 2.29. The summed E-state index contributed by atoms with van der Waals surface area (Å²) in [6.45, 7) is 5.07. The van der Waals surface area contributed by atoms with Crippen molar-refractivity contribution in [1.29, 1.82) is 0 Å². The Morgan fingerprint density at radius 1 is 1.08 bits per heavy atom. The smallest absolute Gasteiger partial charge is 0.222 e. The van der Waals surface area contributed by atoms with Crippen LogP contribution in [-0.4, -0.2) is 57.5 Å². The quantitative estimate of drug-likeness (QED) is 0.468. The van der Waals surface area contributed by atoms with E-state index in [4.69, 9.17) is 0 Å². The van der Waals surface area contributed by atoms with E-state index in [1.165, 1.54) is 12.8 Å². The normalized spacial score (nSPS) is 28.8. The number of carbonyl (C=O) groups excluding carboxylic acids is 1. The van der Waals surface area contributed by atoms with Gasteiger partial charge in [0.15, 0.2) is 15.8 Å². The number of carbonyl (C=O) groups is 1. The minimum atomic E-state index is -2.96. The Labute approximate surface area is 157 Å². The lowest BCUT2D eigenvalue weighted by atomic mass is 9.80. The number of nitrogens with zero attached hydrogens (tertiary/aromatic N) is 1. The van der Waals surface area contributed by atoms with Crippen molar-refractivity contribution in [2.45, 2.75) is 64.5 Å². The summed E-state index contributed by atoms with van der Waals surface area (Å²) in [7, 11) is -1.23. The molecule has 0 aromatic heterocycles. The number of amides is 1. The third-order valence-electron chi connectivity index (χ3n) is 5.52. The van der Waals surface area contributed by atoms with Crippen LogP contribution in [0.15, 0.2) is 4.99 Å². The van der Waals surface area contributed by atoms with E-state index in [-0.39, 0.29) is 23.5 Å². The fraction of sp³-hybridized carbons (Fsp3) is 0.889. The van der Waals surface area contributed by atoms with Crippen LogP contribution in [0.3, 0.4) is 0 Å². The van der Waals surface area contributed by atoms with Crippen LogP contribution >= 0.6 is 0 Å². The monoisotopic (exact) mass is 386 g/mol. The molecule has 1 aliphatic heterocycles. The predicted molar refractivity (Wildman–Crippen MR) is 105 cm³/mol. The fourth-order valence-corrected chi connectivity index (χ4v) is 5.49. The van der Waals surface area contributed by atoms with Crippen LogP contribution in [0.1, 0.15) is 52.4 Å². The van der Waals surface area contributed by atoms with Crippen LogP contribution in [0, 0.1) is 11.8 Å².